The molecule has 0 saturated heterocycles. The van der Waals surface area contributed by atoms with Crippen molar-refractivity contribution < 1.29 is 0 Å². The van der Waals surface area contributed by atoms with E-state index in [2.05, 4.69) is 57.0 Å². The fourth-order valence-electron chi connectivity index (χ4n) is 1.57. The molecular weight excluding hydrogens is 226 g/mol. The molecule has 2 heteroatoms. The Bertz CT molecular complexity index is 392. The smallest absolute Gasteiger partial charge is 0.0480 e. The number of rotatable bonds is 3. The molecule has 0 fully saturated rings. The number of alkyl halides is 1. The summed E-state index contributed by atoms with van der Waals surface area (Å²) >= 11 is 3.45. The number of aryl methyl sites for hydroxylation is 1. The maximum Gasteiger partial charge on any atom is 0.0480 e. The van der Waals surface area contributed by atoms with Gasteiger partial charge in [-0.2, -0.15) is 0 Å². The van der Waals surface area contributed by atoms with E-state index in [0.29, 0.717) is 0 Å². The number of hydrogen-bond donors (Lipinski definition) is 0. The second-order valence-electron chi connectivity index (χ2n) is 3.11. The number of benzene rings is 1. The molecule has 1 nitrogen and oxygen atoms in total. The Hall–Kier alpha value is -0.760. The number of halogens is 1. The number of fused-ring (bicyclic) bond motifs is 1. The summed E-state index contributed by atoms with van der Waals surface area (Å²) in [4.78, 5) is 0. The van der Waals surface area contributed by atoms with Crippen molar-refractivity contribution in [2.24, 2.45) is 0 Å². The summed E-state index contributed by atoms with van der Waals surface area (Å²) in [6.45, 7) is 1.10. The Morgan fingerprint density at radius 1 is 1.15 bits per heavy atom. The predicted octanol–water partition coefficient (Wildman–Crippen LogP) is 3.43. The Morgan fingerprint density at radius 2 is 2.00 bits per heavy atom. The molecule has 1 heterocycles. The van der Waals surface area contributed by atoms with Gasteiger partial charge in [-0.15, -0.1) is 0 Å². The van der Waals surface area contributed by atoms with E-state index >= 15 is 0 Å². The molecular formula is C11H12BrN. The van der Waals surface area contributed by atoms with Crippen molar-refractivity contribution in [3.63, 3.8) is 0 Å². The standard InChI is InChI=1S/C11H12BrN/c12-7-3-8-13-9-6-10-4-1-2-5-11(10)13/h1-2,4-6,9H,3,7-8H2. The van der Waals surface area contributed by atoms with E-state index in [1.165, 1.54) is 17.3 Å². The Morgan fingerprint density at radius 3 is 2.85 bits per heavy atom. The van der Waals surface area contributed by atoms with Crippen LogP contribution in [0.15, 0.2) is 36.5 Å². The molecule has 68 valence electrons. The van der Waals surface area contributed by atoms with E-state index < -0.39 is 0 Å². The molecule has 0 atom stereocenters. The van der Waals surface area contributed by atoms with Gasteiger partial charge in [0.15, 0.2) is 0 Å². The lowest BCUT2D eigenvalue weighted by molar-refractivity contribution is 0.711. The van der Waals surface area contributed by atoms with Gasteiger partial charge in [0.05, 0.1) is 0 Å². The van der Waals surface area contributed by atoms with Gasteiger partial charge < -0.3 is 4.57 Å². The van der Waals surface area contributed by atoms with Crippen molar-refractivity contribution in [3.05, 3.63) is 36.5 Å². The van der Waals surface area contributed by atoms with Crippen molar-refractivity contribution in [2.45, 2.75) is 13.0 Å². The first kappa shape index (κ1) is 8.82. The van der Waals surface area contributed by atoms with Crippen molar-refractivity contribution >= 4 is 26.8 Å². The van der Waals surface area contributed by atoms with Crippen LogP contribution in [0.1, 0.15) is 6.42 Å². The van der Waals surface area contributed by atoms with Gasteiger partial charge in [0.1, 0.15) is 0 Å². The number of nitrogens with zero attached hydrogens (tertiary/aromatic N) is 1. The van der Waals surface area contributed by atoms with Crippen LogP contribution in [0.3, 0.4) is 0 Å². The number of para-hydroxylation sites is 1. The highest BCUT2D eigenvalue weighted by Gasteiger charge is 1.97. The molecule has 1 aromatic heterocycles. The van der Waals surface area contributed by atoms with Crippen molar-refractivity contribution in [1.29, 1.82) is 0 Å². The minimum absolute atomic E-state index is 1.07. The van der Waals surface area contributed by atoms with Crippen LogP contribution in [-0.2, 0) is 6.54 Å². The second kappa shape index (κ2) is 3.97. The van der Waals surface area contributed by atoms with Gasteiger partial charge >= 0.3 is 0 Å². The highest BCUT2D eigenvalue weighted by atomic mass is 79.9. The average molecular weight is 238 g/mol. The van der Waals surface area contributed by atoms with Gasteiger partial charge in [0, 0.05) is 23.6 Å². The molecule has 0 radical (unpaired) electrons. The first-order chi connectivity index (χ1) is 6.42. The summed E-state index contributed by atoms with van der Waals surface area (Å²) in [7, 11) is 0. The third-order valence-electron chi connectivity index (χ3n) is 2.21. The third kappa shape index (κ3) is 1.78. The molecule has 0 aliphatic heterocycles. The largest absolute Gasteiger partial charge is 0.347 e. The summed E-state index contributed by atoms with van der Waals surface area (Å²) < 4.78 is 2.30. The summed E-state index contributed by atoms with van der Waals surface area (Å²) in [5.41, 5.74) is 1.34. The van der Waals surface area contributed by atoms with Gasteiger partial charge in [0.2, 0.25) is 0 Å². The Balaban J connectivity index is 2.35. The van der Waals surface area contributed by atoms with Crippen LogP contribution in [0.4, 0.5) is 0 Å². The van der Waals surface area contributed by atoms with Crippen LogP contribution in [0.25, 0.3) is 10.9 Å². The minimum atomic E-state index is 1.07. The summed E-state index contributed by atoms with van der Waals surface area (Å²) in [6, 6.07) is 10.7. The molecule has 0 N–H and O–H groups in total. The second-order valence-corrected chi connectivity index (χ2v) is 3.90. The van der Waals surface area contributed by atoms with Gasteiger partial charge in [-0.1, -0.05) is 34.1 Å². The SMILES string of the molecule is BrCCCn1ccc2ccccc21. The van der Waals surface area contributed by atoms with E-state index in [-0.39, 0.29) is 0 Å². The first-order valence-corrected chi connectivity index (χ1v) is 5.64. The normalized spacial score (nSPS) is 10.8. The summed E-state index contributed by atoms with van der Waals surface area (Å²) in [6.07, 6.45) is 3.34. The molecule has 0 unspecified atom stereocenters. The van der Waals surface area contributed by atoms with Crippen molar-refractivity contribution in [1.82, 2.24) is 4.57 Å². The minimum Gasteiger partial charge on any atom is -0.347 e. The van der Waals surface area contributed by atoms with E-state index in [4.69, 9.17) is 0 Å². The molecule has 0 amide bonds. The predicted molar refractivity (Wildman–Crippen MR) is 60.3 cm³/mol. The molecule has 1 aromatic carbocycles. The van der Waals surface area contributed by atoms with E-state index in [9.17, 15) is 0 Å². The molecule has 0 bridgehead atoms. The Kier molecular flexibility index (Phi) is 2.69. The maximum absolute atomic E-state index is 3.45. The molecule has 0 aliphatic carbocycles. The van der Waals surface area contributed by atoms with Crippen LogP contribution >= 0.6 is 15.9 Å². The van der Waals surface area contributed by atoms with Gasteiger partial charge in [0.25, 0.3) is 0 Å². The van der Waals surface area contributed by atoms with E-state index in [0.717, 1.165) is 11.9 Å². The van der Waals surface area contributed by atoms with Crippen molar-refractivity contribution in [3.8, 4) is 0 Å². The highest BCUT2D eigenvalue weighted by molar-refractivity contribution is 9.09. The van der Waals surface area contributed by atoms with Crippen LogP contribution in [0.2, 0.25) is 0 Å². The number of aromatic nitrogens is 1. The molecule has 2 rings (SSSR count). The lowest BCUT2D eigenvalue weighted by Gasteiger charge is -2.02. The molecule has 2 aromatic rings. The first-order valence-electron chi connectivity index (χ1n) is 4.51. The summed E-state index contributed by atoms with van der Waals surface area (Å²) in [5, 5.41) is 2.40. The highest BCUT2D eigenvalue weighted by Crippen LogP contribution is 2.15. The van der Waals surface area contributed by atoms with E-state index in [1.54, 1.807) is 0 Å². The maximum atomic E-state index is 3.45. The van der Waals surface area contributed by atoms with Crippen LogP contribution < -0.4 is 0 Å². The monoisotopic (exact) mass is 237 g/mol. The fourth-order valence-corrected chi connectivity index (χ4v) is 1.82. The quantitative estimate of drug-likeness (QED) is 0.722. The third-order valence-corrected chi connectivity index (χ3v) is 2.77. The van der Waals surface area contributed by atoms with Gasteiger partial charge in [-0.05, 0) is 23.9 Å². The fraction of sp³-hybridized carbons (Fsp3) is 0.273. The molecule has 0 spiro atoms. The lowest BCUT2D eigenvalue weighted by Crippen LogP contribution is -1.95. The van der Waals surface area contributed by atoms with E-state index in [1.807, 2.05) is 0 Å². The molecule has 0 saturated carbocycles. The van der Waals surface area contributed by atoms with Gasteiger partial charge in [-0.25, -0.2) is 0 Å². The topological polar surface area (TPSA) is 4.93 Å². The Labute approximate surface area is 86.5 Å². The summed E-state index contributed by atoms with van der Waals surface area (Å²) in [5.74, 6) is 0. The van der Waals surface area contributed by atoms with Crippen LogP contribution in [0, 0.1) is 0 Å². The lowest BCUT2D eigenvalue weighted by atomic mass is 10.2. The van der Waals surface area contributed by atoms with Crippen molar-refractivity contribution in [2.75, 3.05) is 5.33 Å². The van der Waals surface area contributed by atoms with Crippen LogP contribution in [-0.4, -0.2) is 9.90 Å². The van der Waals surface area contributed by atoms with Gasteiger partial charge in [-0.3, -0.25) is 0 Å². The van der Waals surface area contributed by atoms with Crippen LogP contribution in [0.5, 0.6) is 0 Å². The zero-order valence-electron chi connectivity index (χ0n) is 7.41. The molecule has 13 heavy (non-hydrogen) atoms. The number of hydrogen-bond acceptors (Lipinski definition) is 0. The molecule has 0 aliphatic rings. The average Bonchev–Trinajstić information content (AvgIpc) is 2.58. The zero-order valence-corrected chi connectivity index (χ0v) is 9.00. The zero-order chi connectivity index (χ0) is 9.10.